The summed E-state index contributed by atoms with van der Waals surface area (Å²) >= 11 is 0. The van der Waals surface area contributed by atoms with Crippen molar-refractivity contribution in [1.29, 1.82) is 0 Å². The first-order chi connectivity index (χ1) is 10.6. The van der Waals surface area contributed by atoms with Crippen molar-refractivity contribution in [3.05, 3.63) is 54.1 Å². The molecule has 2 aromatic carbocycles. The molecule has 2 N–H and O–H groups in total. The molecule has 6 nitrogen and oxygen atoms in total. The third-order valence-electron chi connectivity index (χ3n) is 2.83. The van der Waals surface area contributed by atoms with E-state index >= 15 is 0 Å². The second kappa shape index (κ2) is 7.12. The molecule has 0 aromatic heterocycles. The third kappa shape index (κ3) is 4.24. The van der Waals surface area contributed by atoms with Gasteiger partial charge in [0.05, 0.1) is 12.7 Å². The molecular weight excluding hydrogens is 286 g/mol. The Morgan fingerprint density at radius 1 is 1.09 bits per heavy atom. The van der Waals surface area contributed by atoms with Crippen molar-refractivity contribution < 1.29 is 24.2 Å². The van der Waals surface area contributed by atoms with Gasteiger partial charge in [-0.3, -0.25) is 4.79 Å². The molecule has 2 rings (SSSR count). The first kappa shape index (κ1) is 15.4. The number of methoxy groups -OCH3 is 1. The molecule has 6 heteroatoms. The second-order valence-electron chi connectivity index (χ2n) is 4.40. The van der Waals surface area contributed by atoms with E-state index in [1.54, 1.807) is 31.4 Å². The Morgan fingerprint density at radius 3 is 2.41 bits per heavy atom. The molecule has 0 atom stereocenters. The molecule has 0 bridgehead atoms. The van der Waals surface area contributed by atoms with E-state index in [1.165, 1.54) is 24.3 Å². The average molecular weight is 301 g/mol. The molecule has 0 fully saturated rings. The van der Waals surface area contributed by atoms with Crippen molar-refractivity contribution in [1.82, 2.24) is 0 Å². The van der Waals surface area contributed by atoms with Gasteiger partial charge in [-0.1, -0.05) is 6.07 Å². The Labute approximate surface area is 127 Å². The van der Waals surface area contributed by atoms with E-state index in [-0.39, 0.29) is 18.1 Å². The number of rotatable bonds is 6. The number of anilines is 1. The molecule has 0 saturated heterocycles. The average Bonchev–Trinajstić information content (AvgIpc) is 2.53. The van der Waals surface area contributed by atoms with Gasteiger partial charge < -0.3 is 19.9 Å². The summed E-state index contributed by atoms with van der Waals surface area (Å²) in [5.41, 5.74) is 0.662. The van der Waals surface area contributed by atoms with Crippen LogP contribution in [0.15, 0.2) is 48.5 Å². The van der Waals surface area contributed by atoms with E-state index in [0.29, 0.717) is 17.2 Å². The third-order valence-corrected chi connectivity index (χ3v) is 2.83. The molecule has 0 aliphatic carbocycles. The fourth-order valence-corrected chi connectivity index (χ4v) is 1.73. The second-order valence-corrected chi connectivity index (χ2v) is 4.40. The molecule has 0 unspecified atom stereocenters. The summed E-state index contributed by atoms with van der Waals surface area (Å²) in [6.45, 7) is -0.159. The lowest BCUT2D eigenvalue weighted by Gasteiger charge is -2.08. The molecule has 22 heavy (non-hydrogen) atoms. The van der Waals surface area contributed by atoms with Crippen molar-refractivity contribution in [2.24, 2.45) is 0 Å². The standard InChI is InChI=1S/C16H15NO5/c1-21-13-3-2-4-14(9-13)22-10-15(18)17-12-7-5-11(6-8-12)16(19)20/h2-9H,10H2,1H3,(H,17,18)(H,19,20). The number of nitrogens with one attached hydrogen (secondary N) is 1. The van der Waals surface area contributed by atoms with E-state index in [0.717, 1.165) is 0 Å². The van der Waals surface area contributed by atoms with Crippen LogP contribution in [-0.4, -0.2) is 30.7 Å². The van der Waals surface area contributed by atoms with Gasteiger partial charge in [-0.25, -0.2) is 4.79 Å². The van der Waals surface area contributed by atoms with Crippen molar-refractivity contribution in [3.8, 4) is 11.5 Å². The summed E-state index contributed by atoms with van der Waals surface area (Å²) in [5, 5.41) is 11.4. The quantitative estimate of drug-likeness (QED) is 0.856. The molecule has 0 heterocycles. The number of carboxylic acid groups (broad SMARTS) is 1. The minimum atomic E-state index is -1.01. The summed E-state index contributed by atoms with van der Waals surface area (Å²) in [4.78, 5) is 22.5. The van der Waals surface area contributed by atoms with E-state index < -0.39 is 5.97 Å². The van der Waals surface area contributed by atoms with Crippen LogP contribution < -0.4 is 14.8 Å². The number of carboxylic acids is 1. The highest BCUT2D eigenvalue weighted by Crippen LogP contribution is 2.18. The molecule has 1 amide bonds. The van der Waals surface area contributed by atoms with Gasteiger partial charge in [0.2, 0.25) is 0 Å². The van der Waals surface area contributed by atoms with Crippen molar-refractivity contribution in [2.45, 2.75) is 0 Å². The van der Waals surface area contributed by atoms with Crippen LogP contribution in [0.1, 0.15) is 10.4 Å². The van der Waals surface area contributed by atoms with Crippen LogP contribution in [0.25, 0.3) is 0 Å². The van der Waals surface area contributed by atoms with Crippen molar-refractivity contribution in [2.75, 3.05) is 19.0 Å². The van der Waals surface area contributed by atoms with Crippen LogP contribution in [0.5, 0.6) is 11.5 Å². The van der Waals surface area contributed by atoms with Gasteiger partial charge >= 0.3 is 5.97 Å². The number of hydrogen-bond acceptors (Lipinski definition) is 4. The molecule has 0 saturated carbocycles. The van der Waals surface area contributed by atoms with Gasteiger partial charge in [-0.15, -0.1) is 0 Å². The largest absolute Gasteiger partial charge is 0.497 e. The molecule has 114 valence electrons. The Morgan fingerprint density at radius 2 is 1.77 bits per heavy atom. The fourth-order valence-electron chi connectivity index (χ4n) is 1.73. The van der Waals surface area contributed by atoms with Gasteiger partial charge in [-0.05, 0) is 36.4 Å². The van der Waals surface area contributed by atoms with Gasteiger partial charge in [0.15, 0.2) is 6.61 Å². The SMILES string of the molecule is COc1cccc(OCC(=O)Nc2ccc(C(=O)O)cc2)c1. The van der Waals surface area contributed by atoms with Crippen molar-refractivity contribution in [3.63, 3.8) is 0 Å². The number of benzene rings is 2. The zero-order valence-corrected chi connectivity index (χ0v) is 11.9. The topological polar surface area (TPSA) is 84.9 Å². The minimum Gasteiger partial charge on any atom is -0.497 e. The number of carbonyl (C=O) groups excluding carboxylic acids is 1. The van der Waals surface area contributed by atoms with Crippen LogP contribution in [0.3, 0.4) is 0 Å². The maximum Gasteiger partial charge on any atom is 0.335 e. The summed E-state index contributed by atoms with van der Waals surface area (Å²) in [6.07, 6.45) is 0. The Bertz CT molecular complexity index is 666. The van der Waals surface area contributed by atoms with Crippen LogP contribution in [0, 0.1) is 0 Å². The number of amides is 1. The van der Waals surface area contributed by atoms with E-state index in [9.17, 15) is 9.59 Å². The Hall–Kier alpha value is -3.02. The van der Waals surface area contributed by atoms with Crippen LogP contribution >= 0.6 is 0 Å². The number of ether oxygens (including phenoxy) is 2. The molecule has 2 aromatic rings. The lowest BCUT2D eigenvalue weighted by Crippen LogP contribution is -2.20. The predicted molar refractivity (Wildman–Crippen MR) is 80.5 cm³/mol. The highest BCUT2D eigenvalue weighted by Gasteiger charge is 2.06. The summed E-state index contributed by atoms with van der Waals surface area (Å²) < 4.78 is 10.4. The van der Waals surface area contributed by atoms with Crippen LogP contribution in [0.2, 0.25) is 0 Å². The van der Waals surface area contributed by atoms with Crippen molar-refractivity contribution >= 4 is 17.6 Å². The smallest absolute Gasteiger partial charge is 0.335 e. The molecular formula is C16H15NO5. The summed E-state index contributed by atoms with van der Waals surface area (Å²) in [6, 6.07) is 12.8. The summed E-state index contributed by atoms with van der Waals surface area (Å²) in [5.74, 6) is -0.192. The number of aromatic carboxylic acids is 1. The Balaban J connectivity index is 1.88. The first-order valence-corrected chi connectivity index (χ1v) is 6.48. The molecule has 0 aliphatic rings. The van der Waals surface area contributed by atoms with Crippen LogP contribution in [0.4, 0.5) is 5.69 Å². The minimum absolute atomic E-state index is 0.158. The maximum atomic E-state index is 11.8. The van der Waals surface area contributed by atoms with E-state index in [1.807, 2.05) is 0 Å². The zero-order valence-electron chi connectivity index (χ0n) is 11.9. The van der Waals surface area contributed by atoms with Gasteiger partial charge in [-0.2, -0.15) is 0 Å². The summed E-state index contributed by atoms with van der Waals surface area (Å²) in [7, 11) is 1.55. The molecule has 0 spiro atoms. The van der Waals surface area contributed by atoms with E-state index in [2.05, 4.69) is 5.32 Å². The van der Waals surface area contributed by atoms with Gasteiger partial charge in [0, 0.05) is 11.8 Å². The fraction of sp³-hybridized carbons (Fsp3) is 0.125. The Kier molecular flexibility index (Phi) is 4.98. The first-order valence-electron chi connectivity index (χ1n) is 6.48. The van der Waals surface area contributed by atoms with Gasteiger partial charge in [0.25, 0.3) is 5.91 Å². The number of hydrogen-bond donors (Lipinski definition) is 2. The highest BCUT2D eigenvalue weighted by molar-refractivity contribution is 5.93. The van der Waals surface area contributed by atoms with Gasteiger partial charge in [0.1, 0.15) is 11.5 Å². The number of carbonyl (C=O) groups is 2. The molecule has 0 radical (unpaired) electrons. The monoisotopic (exact) mass is 301 g/mol. The normalized spacial score (nSPS) is 9.86. The lowest BCUT2D eigenvalue weighted by molar-refractivity contribution is -0.118. The molecule has 0 aliphatic heterocycles. The highest BCUT2D eigenvalue weighted by atomic mass is 16.5. The predicted octanol–water partition coefficient (Wildman–Crippen LogP) is 2.41. The van der Waals surface area contributed by atoms with E-state index in [4.69, 9.17) is 14.6 Å². The lowest BCUT2D eigenvalue weighted by atomic mass is 10.2. The van der Waals surface area contributed by atoms with Crippen LogP contribution in [-0.2, 0) is 4.79 Å². The zero-order chi connectivity index (χ0) is 15.9. The maximum absolute atomic E-state index is 11.8.